The van der Waals surface area contributed by atoms with Crippen molar-refractivity contribution in [3.63, 3.8) is 0 Å². The number of sulfonamides is 1. The van der Waals surface area contributed by atoms with E-state index in [0.29, 0.717) is 6.54 Å². The molecule has 0 aromatic heterocycles. The SMILES string of the molecule is CCNC(=NCc1ccc(CS(=O)(=O)NC(C)C)cc1)N1CCC(C)CC1. The first-order valence-electron chi connectivity index (χ1n) is 9.90. The van der Waals surface area contributed by atoms with Gasteiger partial charge in [0, 0.05) is 25.7 Å². The van der Waals surface area contributed by atoms with Gasteiger partial charge in [0.25, 0.3) is 0 Å². The van der Waals surface area contributed by atoms with E-state index in [1.165, 1.54) is 12.8 Å². The van der Waals surface area contributed by atoms with Gasteiger partial charge in [-0.05, 0) is 50.7 Å². The molecular weight excluding hydrogens is 360 g/mol. The molecule has 0 saturated carbocycles. The van der Waals surface area contributed by atoms with Crippen molar-refractivity contribution >= 4 is 16.0 Å². The van der Waals surface area contributed by atoms with Gasteiger partial charge in [-0.3, -0.25) is 0 Å². The Hall–Kier alpha value is -1.60. The summed E-state index contributed by atoms with van der Waals surface area (Å²) in [4.78, 5) is 7.11. The van der Waals surface area contributed by atoms with Crippen molar-refractivity contribution < 1.29 is 8.42 Å². The topological polar surface area (TPSA) is 73.8 Å². The van der Waals surface area contributed by atoms with Gasteiger partial charge < -0.3 is 10.2 Å². The van der Waals surface area contributed by atoms with Crippen LogP contribution in [-0.4, -0.2) is 45.0 Å². The Balaban J connectivity index is 1.98. The number of aliphatic imine (C=N–C) groups is 1. The number of hydrogen-bond donors (Lipinski definition) is 2. The normalized spacial score (nSPS) is 16.8. The summed E-state index contributed by atoms with van der Waals surface area (Å²) in [6.07, 6.45) is 2.41. The second kappa shape index (κ2) is 10.1. The zero-order chi connectivity index (χ0) is 19.9. The lowest BCUT2D eigenvalue weighted by Crippen LogP contribution is -2.45. The molecule has 0 aliphatic carbocycles. The largest absolute Gasteiger partial charge is 0.357 e. The monoisotopic (exact) mass is 394 g/mol. The number of rotatable bonds is 7. The lowest BCUT2D eigenvalue weighted by atomic mass is 10.00. The first-order chi connectivity index (χ1) is 12.8. The smallest absolute Gasteiger partial charge is 0.216 e. The van der Waals surface area contributed by atoms with Crippen LogP contribution in [0, 0.1) is 5.92 Å². The highest BCUT2D eigenvalue weighted by atomic mass is 32.2. The van der Waals surface area contributed by atoms with E-state index in [0.717, 1.165) is 42.6 Å². The third-order valence-electron chi connectivity index (χ3n) is 4.62. The molecule has 2 N–H and O–H groups in total. The number of hydrogen-bond acceptors (Lipinski definition) is 3. The number of likely N-dealkylation sites (tertiary alicyclic amines) is 1. The average molecular weight is 395 g/mol. The second-order valence-corrected chi connectivity index (χ2v) is 9.44. The molecule has 27 heavy (non-hydrogen) atoms. The summed E-state index contributed by atoms with van der Waals surface area (Å²) < 4.78 is 26.7. The van der Waals surface area contributed by atoms with Crippen molar-refractivity contribution in [2.24, 2.45) is 10.9 Å². The maximum atomic E-state index is 12.0. The average Bonchev–Trinajstić information content (AvgIpc) is 2.59. The second-order valence-electron chi connectivity index (χ2n) is 7.69. The van der Waals surface area contributed by atoms with Gasteiger partial charge in [-0.1, -0.05) is 31.2 Å². The van der Waals surface area contributed by atoms with Crippen molar-refractivity contribution in [3.05, 3.63) is 35.4 Å². The molecule has 0 unspecified atom stereocenters. The molecule has 1 fully saturated rings. The molecule has 0 atom stereocenters. The Labute approximate surface area is 164 Å². The molecule has 1 saturated heterocycles. The minimum atomic E-state index is -3.29. The van der Waals surface area contributed by atoms with Crippen LogP contribution in [0.1, 0.15) is 51.7 Å². The maximum absolute atomic E-state index is 12.0. The molecule has 1 aromatic rings. The number of nitrogens with zero attached hydrogens (tertiary/aromatic N) is 2. The Bertz CT molecular complexity index is 706. The van der Waals surface area contributed by atoms with Crippen LogP contribution in [0.15, 0.2) is 29.3 Å². The minimum absolute atomic E-state index is 0.00330. The quantitative estimate of drug-likeness (QED) is 0.551. The van der Waals surface area contributed by atoms with Gasteiger partial charge >= 0.3 is 0 Å². The Kier molecular flexibility index (Phi) is 8.10. The van der Waals surface area contributed by atoms with Crippen LogP contribution >= 0.6 is 0 Å². The maximum Gasteiger partial charge on any atom is 0.216 e. The van der Waals surface area contributed by atoms with E-state index in [1.807, 2.05) is 38.1 Å². The molecule has 2 rings (SSSR count). The van der Waals surface area contributed by atoms with E-state index in [-0.39, 0.29) is 11.8 Å². The van der Waals surface area contributed by atoms with Crippen molar-refractivity contribution in [3.8, 4) is 0 Å². The number of nitrogens with one attached hydrogen (secondary N) is 2. The molecule has 0 radical (unpaired) electrons. The van der Waals surface area contributed by atoms with Gasteiger partial charge in [-0.2, -0.15) is 0 Å². The van der Waals surface area contributed by atoms with Crippen molar-refractivity contribution in [1.29, 1.82) is 0 Å². The molecule has 7 heteroatoms. The Morgan fingerprint density at radius 3 is 2.33 bits per heavy atom. The van der Waals surface area contributed by atoms with Gasteiger partial charge in [0.15, 0.2) is 5.96 Å². The first kappa shape index (κ1) is 21.7. The van der Waals surface area contributed by atoms with E-state index in [1.54, 1.807) is 0 Å². The predicted molar refractivity (Wildman–Crippen MR) is 112 cm³/mol. The molecule has 0 spiro atoms. The van der Waals surface area contributed by atoms with Gasteiger partial charge in [0.05, 0.1) is 12.3 Å². The number of piperidine rings is 1. The fourth-order valence-electron chi connectivity index (χ4n) is 3.17. The lowest BCUT2D eigenvalue weighted by Gasteiger charge is -2.33. The predicted octanol–water partition coefficient (Wildman–Crippen LogP) is 2.71. The van der Waals surface area contributed by atoms with E-state index >= 15 is 0 Å². The number of benzene rings is 1. The Morgan fingerprint density at radius 2 is 1.78 bits per heavy atom. The first-order valence-corrected chi connectivity index (χ1v) is 11.6. The van der Waals surface area contributed by atoms with Crippen LogP contribution in [0.25, 0.3) is 0 Å². The molecule has 0 bridgehead atoms. The van der Waals surface area contributed by atoms with E-state index in [2.05, 4.69) is 28.8 Å². The summed E-state index contributed by atoms with van der Waals surface area (Å²) in [6.45, 7) is 11.6. The summed E-state index contributed by atoms with van der Waals surface area (Å²) in [5.74, 6) is 1.76. The molecule has 6 nitrogen and oxygen atoms in total. The fraction of sp³-hybridized carbons (Fsp3) is 0.650. The zero-order valence-corrected chi connectivity index (χ0v) is 17.8. The van der Waals surface area contributed by atoms with Crippen molar-refractivity contribution in [1.82, 2.24) is 14.9 Å². The third kappa shape index (κ3) is 7.50. The van der Waals surface area contributed by atoms with Crippen LogP contribution in [0.3, 0.4) is 0 Å². The van der Waals surface area contributed by atoms with Crippen LogP contribution < -0.4 is 10.0 Å². The molecular formula is C20H34N4O2S. The standard InChI is InChI=1S/C20H34N4O2S/c1-5-21-20(24-12-10-17(4)11-13-24)22-14-18-6-8-19(9-7-18)15-27(25,26)23-16(2)3/h6-9,16-17,23H,5,10-15H2,1-4H3,(H,21,22). The Morgan fingerprint density at radius 1 is 1.19 bits per heavy atom. The summed E-state index contributed by atoms with van der Waals surface area (Å²) in [7, 11) is -3.29. The van der Waals surface area contributed by atoms with Crippen molar-refractivity contribution in [2.45, 2.75) is 58.9 Å². The van der Waals surface area contributed by atoms with Gasteiger partial charge in [-0.25, -0.2) is 18.1 Å². The van der Waals surface area contributed by atoms with E-state index in [4.69, 9.17) is 4.99 Å². The van der Waals surface area contributed by atoms with Crippen LogP contribution in [0.5, 0.6) is 0 Å². The van der Waals surface area contributed by atoms with E-state index in [9.17, 15) is 8.42 Å². The van der Waals surface area contributed by atoms with Crippen LogP contribution in [0.4, 0.5) is 0 Å². The zero-order valence-electron chi connectivity index (χ0n) is 17.0. The van der Waals surface area contributed by atoms with E-state index < -0.39 is 10.0 Å². The number of guanidine groups is 1. The summed E-state index contributed by atoms with van der Waals surface area (Å²) >= 11 is 0. The highest BCUT2D eigenvalue weighted by Gasteiger charge is 2.18. The van der Waals surface area contributed by atoms with Crippen LogP contribution in [-0.2, 0) is 22.3 Å². The molecule has 1 heterocycles. The minimum Gasteiger partial charge on any atom is -0.357 e. The molecule has 1 aromatic carbocycles. The van der Waals surface area contributed by atoms with Crippen LogP contribution in [0.2, 0.25) is 0 Å². The molecule has 1 aliphatic rings. The summed E-state index contributed by atoms with van der Waals surface area (Å²) in [5, 5.41) is 3.39. The van der Waals surface area contributed by atoms with Gasteiger partial charge in [-0.15, -0.1) is 0 Å². The third-order valence-corrected chi connectivity index (χ3v) is 6.17. The molecule has 152 valence electrons. The lowest BCUT2D eigenvalue weighted by molar-refractivity contribution is 0.273. The molecule has 1 aliphatic heterocycles. The van der Waals surface area contributed by atoms with Crippen molar-refractivity contribution in [2.75, 3.05) is 19.6 Å². The summed E-state index contributed by atoms with van der Waals surface area (Å²) in [5.41, 5.74) is 1.86. The summed E-state index contributed by atoms with van der Waals surface area (Å²) in [6, 6.07) is 7.59. The van der Waals surface area contributed by atoms with Gasteiger partial charge in [0.2, 0.25) is 10.0 Å². The highest BCUT2D eigenvalue weighted by molar-refractivity contribution is 7.88. The highest BCUT2D eigenvalue weighted by Crippen LogP contribution is 2.16. The van der Waals surface area contributed by atoms with Gasteiger partial charge in [0.1, 0.15) is 0 Å². The molecule has 0 amide bonds. The fourth-order valence-corrected chi connectivity index (χ4v) is 4.61.